The summed E-state index contributed by atoms with van der Waals surface area (Å²) in [6, 6.07) is 13.8. The Bertz CT molecular complexity index is 1300. The van der Waals surface area contributed by atoms with Gasteiger partial charge in [-0.25, -0.2) is 4.98 Å². The van der Waals surface area contributed by atoms with Gasteiger partial charge in [-0.05, 0) is 43.0 Å². The summed E-state index contributed by atoms with van der Waals surface area (Å²) in [5, 5.41) is 3.33. The van der Waals surface area contributed by atoms with Crippen LogP contribution in [0.15, 0.2) is 58.4 Å². The van der Waals surface area contributed by atoms with Gasteiger partial charge in [-0.1, -0.05) is 80.1 Å². The molecule has 0 radical (unpaired) electrons. The Balaban J connectivity index is 1.65. The van der Waals surface area contributed by atoms with Crippen LogP contribution < -0.4 is 10.9 Å². The van der Waals surface area contributed by atoms with E-state index in [4.69, 9.17) is 17.2 Å². The largest absolute Gasteiger partial charge is 0.369 e. The minimum Gasteiger partial charge on any atom is -0.369 e. The molecule has 1 aromatic carbocycles. The minimum absolute atomic E-state index is 0.170. The first-order valence-electron chi connectivity index (χ1n) is 11.5. The smallest absolute Gasteiger partial charge is 0.267 e. The molecule has 0 unspecified atom stereocenters. The average Bonchev–Trinajstić information content (AvgIpc) is 3.11. The van der Waals surface area contributed by atoms with Gasteiger partial charge in [0.2, 0.25) is 0 Å². The van der Waals surface area contributed by atoms with E-state index >= 15 is 0 Å². The fraction of sp³-hybridized carbons (Fsp3) is 0.308. The molecule has 3 heterocycles. The van der Waals surface area contributed by atoms with Crippen LogP contribution in [0.5, 0.6) is 0 Å². The molecule has 6 nitrogen and oxygen atoms in total. The fourth-order valence-corrected chi connectivity index (χ4v) is 5.16. The number of thiocarbonyl (C=S) groups is 1. The maximum absolute atomic E-state index is 13.4. The molecule has 1 N–H and O–H groups in total. The van der Waals surface area contributed by atoms with Gasteiger partial charge in [0, 0.05) is 19.3 Å². The van der Waals surface area contributed by atoms with Crippen molar-refractivity contribution in [3.05, 3.63) is 80.6 Å². The van der Waals surface area contributed by atoms with E-state index in [1.54, 1.807) is 17.2 Å². The molecular formula is C26H28N4O2S2. The Morgan fingerprint density at radius 2 is 1.91 bits per heavy atom. The number of amides is 1. The number of nitrogens with zero attached hydrogens (tertiary/aromatic N) is 3. The molecule has 0 bridgehead atoms. The van der Waals surface area contributed by atoms with Gasteiger partial charge in [-0.3, -0.25) is 18.9 Å². The second kappa shape index (κ2) is 11.0. The van der Waals surface area contributed by atoms with Gasteiger partial charge in [0.05, 0.1) is 10.5 Å². The Hall–Kier alpha value is -2.97. The second-order valence-corrected chi connectivity index (χ2v) is 9.94. The van der Waals surface area contributed by atoms with Gasteiger partial charge in [0.25, 0.3) is 11.5 Å². The number of hydrogen-bond acceptors (Lipinski definition) is 6. The van der Waals surface area contributed by atoms with E-state index in [-0.39, 0.29) is 11.5 Å². The zero-order valence-corrected chi connectivity index (χ0v) is 21.0. The van der Waals surface area contributed by atoms with Gasteiger partial charge in [0.15, 0.2) is 0 Å². The Morgan fingerprint density at radius 1 is 1.12 bits per heavy atom. The highest BCUT2D eigenvalue weighted by Gasteiger charge is 2.32. The first kappa shape index (κ1) is 24.2. The zero-order chi connectivity index (χ0) is 24.1. The number of nitrogens with one attached hydrogen (secondary N) is 1. The number of thioether (sulfide) groups is 1. The summed E-state index contributed by atoms with van der Waals surface area (Å²) < 4.78 is 2.04. The molecular weight excluding hydrogens is 464 g/mol. The van der Waals surface area contributed by atoms with E-state index in [0.717, 1.165) is 30.4 Å². The summed E-state index contributed by atoms with van der Waals surface area (Å²) in [5.41, 5.74) is 2.84. The number of carbonyl (C=O) groups is 1. The summed E-state index contributed by atoms with van der Waals surface area (Å²) in [7, 11) is 0. The number of aromatic nitrogens is 2. The monoisotopic (exact) mass is 492 g/mol. The lowest BCUT2D eigenvalue weighted by Gasteiger charge is -2.14. The van der Waals surface area contributed by atoms with E-state index < -0.39 is 0 Å². The summed E-state index contributed by atoms with van der Waals surface area (Å²) in [4.78, 5) is 33.4. The maximum Gasteiger partial charge on any atom is 0.267 e. The van der Waals surface area contributed by atoms with Gasteiger partial charge in [-0.15, -0.1) is 0 Å². The van der Waals surface area contributed by atoms with Crippen LogP contribution in [0.3, 0.4) is 0 Å². The number of rotatable bonds is 9. The molecule has 0 saturated carbocycles. The van der Waals surface area contributed by atoms with Crippen molar-refractivity contribution in [1.82, 2.24) is 14.3 Å². The highest BCUT2D eigenvalue weighted by atomic mass is 32.2. The molecule has 3 aromatic rings. The number of benzene rings is 1. The summed E-state index contributed by atoms with van der Waals surface area (Å²) >= 11 is 6.73. The van der Waals surface area contributed by atoms with Crippen LogP contribution in [0.4, 0.5) is 5.82 Å². The number of anilines is 1. The number of pyridine rings is 1. The van der Waals surface area contributed by atoms with Crippen LogP contribution in [0.1, 0.15) is 42.9 Å². The van der Waals surface area contributed by atoms with Gasteiger partial charge >= 0.3 is 0 Å². The molecule has 1 fully saturated rings. The summed E-state index contributed by atoms with van der Waals surface area (Å²) in [5.74, 6) is 0.335. The van der Waals surface area contributed by atoms with Crippen LogP contribution in [-0.4, -0.2) is 37.6 Å². The van der Waals surface area contributed by atoms with Crippen molar-refractivity contribution in [2.24, 2.45) is 0 Å². The normalized spacial score (nSPS) is 15.0. The van der Waals surface area contributed by atoms with Crippen molar-refractivity contribution < 1.29 is 4.79 Å². The predicted octanol–water partition coefficient (Wildman–Crippen LogP) is 5.05. The number of fused-ring (bicyclic) bond motifs is 1. The van der Waals surface area contributed by atoms with Crippen LogP contribution in [0, 0.1) is 6.92 Å². The van der Waals surface area contributed by atoms with Gasteiger partial charge < -0.3 is 5.32 Å². The average molecular weight is 493 g/mol. The fourth-order valence-electron chi connectivity index (χ4n) is 3.87. The number of aryl methyl sites for hydroxylation is 1. The quantitative estimate of drug-likeness (QED) is 0.256. The molecule has 0 spiro atoms. The highest BCUT2D eigenvalue weighted by Crippen LogP contribution is 2.33. The van der Waals surface area contributed by atoms with Crippen molar-refractivity contribution in [3.8, 4) is 0 Å². The predicted molar refractivity (Wildman–Crippen MR) is 144 cm³/mol. The van der Waals surface area contributed by atoms with Gasteiger partial charge in [0.1, 0.15) is 15.8 Å². The molecule has 1 amide bonds. The van der Waals surface area contributed by atoms with Crippen molar-refractivity contribution in [3.63, 3.8) is 0 Å². The summed E-state index contributed by atoms with van der Waals surface area (Å²) in [6.45, 7) is 5.29. The second-order valence-electron chi connectivity index (χ2n) is 8.27. The van der Waals surface area contributed by atoms with Crippen molar-refractivity contribution >= 4 is 51.7 Å². The molecule has 1 aliphatic heterocycles. The lowest BCUT2D eigenvalue weighted by atomic mass is 10.1. The lowest BCUT2D eigenvalue weighted by molar-refractivity contribution is -0.122. The maximum atomic E-state index is 13.4. The van der Waals surface area contributed by atoms with Gasteiger partial charge in [-0.2, -0.15) is 0 Å². The molecule has 4 rings (SSSR count). The molecule has 176 valence electrons. The first-order chi connectivity index (χ1) is 16.5. The zero-order valence-electron chi connectivity index (χ0n) is 19.4. The Kier molecular flexibility index (Phi) is 7.80. The molecule has 0 aliphatic carbocycles. The van der Waals surface area contributed by atoms with E-state index in [0.29, 0.717) is 45.8 Å². The van der Waals surface area contributed by atoms with Crippen LogP contribution >= 0.6 is 24.0 Å². The Labute approximate surface area is 209 Å². The third-order valence-corrected chi connectivity index (χ3v) is 7.15. The van der Waals surface area contributed by atoms with Crippen LogP contribution in [0.2, 0.25) is 0 Å². The number of carbonyl (C=O) groups excluding carboxylic acids is 1. The van der Waals surface area contributed by atoms with Crippen molar-refractivity contribution in [2.75, 3.05) is 18.4 Å². The molecule has 0 atom stereocenters. The third-order valence-electron chi connectivity index (χ3n) is 5.77. The van der Waals surface area contributed by atoms with E-state index in [1.165, 1.54) is 16.2 Å². The van der Waals surface area contributed by atoms with Crippen molar-refractivity contribution in [1.29, 1.82) is 0 Å². The number of unbranched alkanes of at least 4 members (excludes halogenated alkanes) is 2. The third kappa shape index (κ3) is 5.23. The standard InChI is InChI=1S/C26H28N4O2S2/c1-3-4-8-14-27-22-20(24(31)29-15-9-10-18(2)23(29)28-22)17-21-25(32)30(26(33)34-21)16-13-19-11-6-5-7-12-19/h5-7,9-12,15,17,27H,3-4,8,13-14,16H2,1-2H3. The van der Waals surface area contributed by atoms with E-state index in [2.05, 4.69) is 12.2 Å². The van der Waals surface area contributed by atoms with Crippen LogP contribution in [0.25, 0.3) is 11.7 Å². The SMILES string of the molecule is CCCCCNc1nc2c(C)cccn2c(=O)c1C=C1SC(=S)N(CCc2ccccc2)C1=O. The summed E-state index contributed by atoms with van der Waals surface area (Å²) in [6.07, 6.45) is 7.24. The van der Waals surface area contributed by atoms with Crippen molar-refractivity contribution in [2.45, 2.75) is 39.5 Å². The minimum atomic E-state index is -0.207. The molecule has 1 saturated heterocycles. The van der Waals surface area contributed by atoms with E-state index in [1.807, 2.05) is 49.4 Å². The van der Waals surface area contributed by atoms with E-state index in [9.17, 15) is 9.59 Å². The topological polar surface area (TPSA) is 66.7 Å². The lowest BCUT2D eigenvalue weighted by Crippen LogP contribution is -2.30. The molecule has 2 aromatic heterocycles. The molecule has 34 heavy (non-hydrogen) atoms. The molecule has 8 heteroatoms. The highest BCUT2D eigenvalue weighted by molar-refractivity contribution is 8.26. The first-order valence-corrected chi connectivity index (χ1v) is 12.8. The van der Waals surface area contributed by atoms with Crippen LogP contribution in [-0.2, 0) is 11.2 Å². The number of hydrogen-bond donors (Lipinski definition) is 1. The molecule has 1 aliphatic rings. The Morgan fingerprint density at radius 3 is 2.68 bits per heavy atom.